The monoisotopic (exact) mass is 328 g/mol. The molecule has 128 valence electrons. The largest absolute Gasteiger partial charge is 0.399 e. The van der Waals surface area contributed by atoms with Crippen molar-refractivity contribution in [3.8, 4) is 0 Å². The number of aromatic amines is 1. The summed E-state index contributed by atoms with van der Waals surface area (Å²) >= 11 is 0. The van der Waals surface area contributed by atoms with Gasteiger partial charge in [0.15, 0.2) is 0 Å². The Hall–Kier alpha value is -2.63. The second-order valence-corrected chi connectivity index (χ2v) is 6.87. The van der Waals surface area contributed by atoms with E-state index in [1.807, 2.05) is 45.0 Å². The van der Waals surface area contributed by atoms with Crippen molar-refractivity contribution >= 4 is 11.6 Å². The first kappa shape index (κ1) is 17.7. The van der Waals surface area contributed by atoms with Crippen molar-refractivity contribution in [2.75, 3.05) is 12.3 Å². The molecule has 2 aromatic rings. The van der Waals surface area contributed by atoms with E-state index in [0.29, 0.717) is 30.2 Å². The van der Waals surface area contributed by atoms with Crippen LogP contribution in [0.15, 0.2) is 29.1 Å². The summed E-state index contributed by atoms with van der Waals surface area (Å²) in [5.41, 5.74) is 7.23. The molecule has 0 aliphatic rings. The smallest absolute Gasteiger partial charge is 0.264 e. The SMILES string of the molecule is Cc1nc(C(C)(C)C)[nH]c(=O)c1C(=O)NCCc1ccc(N)cc1. The fraction of sp³-hybridized carbons (Fsp3) is 0.389. The van der Waals surface area contributed by atoms with Crippen LogP contribution in [0.2, 0.25) is 0 Å². The summed E-state index contributed by atoms with van der Waals surface area (Å²) < 4.78 is 0. The Morgan fingerprint density at radius 1 is 1.25 bits per heavy atom. The van der Waals surface area contributed by atoms with Crippen LogP contribution in [0.5, 0.6) is 0 Å². The maximum atomic E-state index is 12.3. The van der Waals surface area contributed by atoms with Crippen LogP contribution in [0, 0.1) is 6.92 Å². The van der Waals surface area contributed by atoms with Crippen LogP contribution in [0.25, 0.3) is 0 Å². The maximum Gasteiger partial charge on any atom is 0.264 e. The average Bonchev–Trinajstić information content (AvgIpc) is 2.47. The lowest BCUT2D eigenvalue weighted by molar-refractivity contribution is 0.0951. The lowest BCUT2D eigenvalue weighted by Gasteiger charge is -2.18. The number of aryl methyl sites for hydroxylation is 1. The third-order valence-corrected chi connectivity index (χ3v) is 3.72. The molecule has 0 spiro atoms. The summed E-state index contributed by atoms with van der Waals surface area (Å²) in [6.07, 6.45) is 0.663. The zero-order chi connectivity index (χ0) is 17.9. The first-order chi connectivity index (χ1) is 11.2. The number of carbonyl (C=O) groups is 1. The minimum atomic E-state index is -0.405. The molecule has 1 heterocycles. The van der Waals surface area contributed by atoms with Crippen molar-refractivity contribution < 1.29 is 4.79 Å². The van der Waals surface area contributed by atoms with Crippen molar-refractivity contribution in [1.29, 1.82) is 0 Å². The van der Waals surface area contributed by atoms with Crippen LogP contribution in [-0.2, 0) is 11.8 Å². The van der Waals surface area contributed by atoms with Gasteiger partial charge in [-0.3, -0.25) is 9.59 Å². The zero-order valence-corrected chi connectivity index (χ0v) is 14.6. The van der Waals surface area contributed by atoms with Gasteiger partial charge >= 0.3 is 0 Å². The lowest BCUT2D eigenvalue weighted by atomic mass is 9.95. The number of H-pyrrole nitrogens is 1. The first-order valence-electron chi connectivity index (χ1n) is 7.92. The van der Waals surface area contributed by atoms with Gasteiger partial charge in [-0.2, -0.15) is 0 Å². The molecule has 1 aromatic carbocycles. The Morgan fingerprint density at radius 2 is 1.88 bits per heavy atom. The van der Waals surface area contributed by atoms with Gasteiger partial charge in [-0.1, -0.05) is 32.9 Å². The number of hydrogen-bond acceptors (Lipinski definition) is 4. The highest BCUT2D eigenvalue weighted by atomic mass is 16.2. The standard InChI is InChI=1S/C18H24N4O2/c1-11-14(16(24)22-17(21-11)18(2,3)4)15(23)20-10-9-12-5-7-13(19)8-6-12/h5-8H,9-10,19H2,1-4H3,(H,20,23)(H,21,22,24). The molecule has 0 saturated heterocycles. The van der Waals surface area contributed by atoms with Gasteiger partial charge in [0, 0.05) is 17.6 Å². The summed E-state index contributed by atoms with van der Waals surface area (Å²) in [5.74, 6) is 0.167. The Labute approximate surface area is 141 Å². The average molecular weight is 328 g/mol. The number of benzene rings is 1. The number of hydrogen-bond donors (Lipinski definition) is 3. The molecule has 0 fully saturated rings. The molecule has 2 rings (SSSR count). The summed E-state index contributed by atoms with van der Waals surface area (Å²) in [4.78, 5) is 31.6. The van der Waals surface area contributed by atoms with Crippen LogP contribution >= 0.6 is 0 Å². The molecule has 0 saturated carbocycles. The van der Waals surface area contributed by atoms with Crippen molar-refractivity contribution in [3.05, 3.63) is 57.3 Å². The van der Waals surface area contributed by atoms with Gasteiger partial charge in [-0.15, -0.1) is 0 Å². The van der Waals surface area contributed by atoms with Gasteiger partial charge in [-0.25, -0.2) is 4.98 Å². The molecule has 6 heteroatoms. The van der Waals surface area contributed by atoms with Gasteiger partial charge in [0.05, 0.1) is 5.69 Å². The van der Waals surface area contributed by atoms with Crippen LogP contribution < -0.4 is 16.6 Å². The zero-order valence-electron chi connectivity index (χ0n) is 14.6. The highest BCUT2D eigenvalue weighted by molar-refractivity contribution is 5.94. The van der Waals surface area contributed by atoms with Crippen molar-refractivity contribution in [1.82, 2.24) is 15.3 Å². The van der Waals surface area contributed by atoms with Gasteiger partial charge in [0.1, 0.15) is 11.4 Å². The lowest BCUT2D eigenvalue weighted by Crippen LogP contribution is -2.34. The van der Waals surface area contributed by atoms with Gasteiger partial charge in [0.2, 0.25) is 0 Å². The van der Waals surface area contributed by atoms with Crippen LogP contribution in [0.1, 0.15) is 48.2 Å². The molecular formula is C18H24N4O2. The third kappa shape index (κ3) is 4.22. The van der Waals surface area contributed by atoms with Crippen LogP contribution in [0.4, 0.5) is 5.69 Å². The fourth-order valence-corrected chi connectivity index (χ4v) is 2.30. The van der Waals surface area contributed by atoms with E-state index in [1.165, 1.54) is 0 Å². The Bertz CT molecular complexity index is 786. The van der Waals surface area contributed by atoms with Gasteiger partial charge in [-0.05, 0) is 31.0 Å². The van der Waals surface area contributed by atoms with E-state index in [-0.39, 0.29) is 11.0 Å². The van der Waals surface area contributed by atoms with E-state index in [9.17, 15) is 9.59 Å². The predicted octanol–water partition coefficient (Wildman–Crippen LogP) is 1.93. The van der Waals surface area contributed by atoms with Crippen LogP contribution in [-0.4, -0.2) is 22.4 Å². The Morgan fingerprint density at radius 3 is 2.42 bits per heavy atom. The minimum Gasteiger partial charge on any atom is -0.399 e. The molecule has 1 aromatic heterocycles. The normalized spacial score (nSPS) is 11.3. The number of carbonyl (C=O) groups excluding carboxylic acids is 1. The quantitative estimate of drug-likeness (QED) is 0.746. The second kappa shape index (κ2) is 6.86. The third-order valence-electron chi connectivity index (χ3n) is 3.72. The molecule has 1 amide bonds. The molecular weight excluding hydrogens is 304 g/mol. The molecule has 0 aliphatic heterocycles. The van der Waals surface area contributed by atoms with Gasteiger partial charge in [0.25, 0.3) is 11.5 Å². The summed E-state index contributed by atoms with van der Waals surface area (Å²) in [6, 6.07) is 7.47. The first-order valence-corrected chi connectivity index (χ1v) is 7.92. The molecule has 0 bridgehead atoms. The second-order valence-electron chi connectivity index (χ2n) is 6.87. The van der Waals surface area contributed by atoms with E-state index in [4.69, 9.17) is 5.73 Å². The van der Waals surface area contributed by atoms with Gasteiger partial charge < -0.3 is 16.0 Å². The number of nitrogens with one attached hydrogen (secondary N) is 2. The summed E-state index contributed by atoms with van der Waals surface area (Å²) in [7, 11) is 0. The predicted molar refractivity (Wildman–Crippen MR) is 95.2 cm³/mol. The van der Waals surface area contributed by atoms with Crippen LogP contribution in [0.3, 0.4) is 0 Å². The molecule has 0 aliphatic carbocycles. The maximum absolute atomic E-state index is 12.3. The number of amides is 1. The van der Waals surface area contributed by atoms with E-state index < -0.39 is 11.5 Å². The number of nitrogen functional groups attached to an aromatic ring is 1. The molecule has 0 atom stereocenters. The fourth-order valence-electron chi connectivity index (χ4n) is 2.30. The molecule has 4 N–H and O–H groups in total. The highest BCUT2D eigenvalue weighted by Crippen LogP contribution is 2.17. The Kier molecular flexibility index (Phi) is 5.07. The summed E-state index contributed by atoms with van der Waals surface area (Å²) in [6.45, 7) is 7.98. The number of anilines is 1. The number of nitrogens with two attached hydrogens (primary N) is 1. The molecule has 6 nitrogen and oxygen atoms in total. The molecule has 0 radical (unpaired) electrons. The van der Waals surface area contributed by atoms with E-state index in [0.717, 1.165) is 5.56 Å². The number of rotatable bonds is 4. The Balaban J connectivity index is 2.07. The van der Waals surface area contributed by atoms with Crippen molar-refractivity contribution in [2.24, 2.45) is 0 Å². The van der Waals surface area contributed by atoms with E-state index in [2.05, 4.69) is 15.3 Å². The number of nitrogens with zero attached hydrogens (tertiary/aromatic N) is 1. The molecule has 24 heavy (non-hydrogen) atoms. The van der Waals surface area contributed by atoms with Crippen molar-refractivity contribution in [3.63, 3.8) is 0 Å². The van der Waals surface area contributed by atoms with E-state index in [1.54, 1.807) is 6.92 Å². The number of aromatic nitrogens is 2. The van der Waals surface area contributed by atoms with E-state index >= 15 is 0 Å². The topological polar surface area (TPSA) is 101 Å². The highest BCUT2D eigenvalue weighted by Gasteiger charge is 2.21. The molecule has 0 unspecified atom stereocenters. The minimum absolute atomic E-state index is 0.0697. The van der Waals surface area contributed by atoms with Crippen molar-refractivity contribution in [2.45, 2.75) is 39.5 Å². The summed E-state index contributed by atoms with van der Waals surface area (Å²) in [5, 5.41) is 2.77.